The van der Waals surface area contributed by atoms with Gasteiger partial charge in [-0.3, -0.25) is 4.79 Å². The van der Waals surface area contributed by atoms with Crippen LogP contribution in [0.15, 0.2) is 0 Å². The van der Waals surface area contributed by atoms with Crippen LogP contribution >= 0.6 is 0 Å². The first-order chi connectivity index (χ1) is 4.91. The number of rotatable bonds is 4. The third-order valence-electron chi connectivity index (χ3n) is 0.880. The minimum atomic E-state index is -1.79. The fraction of sp³-hybridized carbons (Fsp3) is 0.833. The number of nitrogens with two attached hydrogens (primary N) is 1. The maximum Gasteiger partial charge on any atom is 0.320 e. The van der Waals surface area contributed by atoms with E-state index >= 15 is 0 Å². The molecule has 3 heteroatoms. The average Bonchev–Trinajstić information content (AvgIpc) is 1.86. The van der Waals surface area contributed by atoms with E-state index in [0.29, 0.717) is 6.42 Å². The minimum Gasteiger partial charge on any atom is -0.480 e. The Morgan fingerprint density at radius 1 is 2.00 bits per heavy atom. The fourth-order valence-corrected chi connectivity index (χ4v) is 0.387. The van der Waals surface area contributed by atoms with Crippen molar-refractivity contribution in [3.63, 3.8) is 0 Å². The SMILES string of the molecule is [2H]C([2H])(CCC)[C@H](N)C(=O)O. The molecule has 0 spiro atoms. The minimum absolute atomic E-state index is 0.181. The van der Waals surface area contributed by atoms with Gasteiger partial charge in [-0.05, 0) is 6.37 Å². The predicted octanol–water partition coefficient (Wildman–Crippen LogP) is 0.588. The van der Waals surface area contributed by atoms with Crippen LogP contribution in [0.3, 0.4) is 0 Å². The molecule has 0 unspecified atom stereocenters. The molecule has 0 aliphatic rings. The normalized spacial score (nSPS) is 18.0. The van der Waals surface area contributed by atoms with Crippen LogP contribution in [0.4, 0.5) is 0 Å². The molecule has 0 aromatic carbocycles. The van der Waals surface area contributed by atoms with Gasteiger partial charge in [0.05, 0.1) is 0 Å². The Bertz CT molecular complexity index is 150. The summed E-state index contributed by atoms with van der Waals surface area (Å²) in [5.41, 5.74) is 5.11. The van der Waals surface area contributed by atoms with Crippen molar-refractivity contribution in [2.45, 2.75) is 32.2 Å². The Balaban J connectivity index is 4.16. The molecule has 0 saturated heterocycles. The van der Waals surface area contributed by atoms with Gasteiger partial charge >= 0.3 is 5.97 Å². The van der Waals surface area contributed by atoms with Crippen LogP contribution in [0.2, 0.25) is 0 Å². The van der Waals surface area contributed by atoms with Gasteiger partial charge < -0.3 is 10.8 Å². The molecule has 54 valence electrons. The summed E-state index contributed by atoms with van der Waals surface area (Å²) in [6.45, 7) is 1.78. The summed E-state index contributed by atoms with van der Waals surface area (Å²) in [7, 11) is 0. The highest BCUT2D eigenvalue weighted by molar-refractivity contribution is 5.72. The summed E-state index contributed by atoms with van der Waals surface area (Å²) >= 11 is 0. The third kappa shape index (κ3) is 3.97. The van der Waals surface area contributed by atoms with Crippen molar-refractivity contribution in [3.8, 4) is 0 Å². The molecule has 0 radical (unpaired) electrons. The van der Waals surface area contributed by atoms with E-state index in [1.807, 2.05) is 0 Å². The lowest BCUT2D eigenvalue weighted by Crippen LogP contribution is -2.29. The van der Waals surface area contributed by atoms with Crippen LogP contribution in [0.1, 0.15) is 28.9 Å². The zero-order valence-electron chi connectivity index (χ0n) is 7.42. The van der Waals surface area contributed by atoms with Gasteiger partial charge in [0, 0.05) is 2.74 Å². The van der Waals surface area contributed by atoms with Crippen molar-refractivity contribution in [1.82, 2.24) is 0 Å². The monoisotopic (exact) mass is 133 g/mol. The zero-order chi connectivity index (χ0) is 9.07. The van der Waals surface area contributed by atoms with E-state index < -0.39 is 18.4 Å². The number of carboxylic acids is 1. The van der Waals surface area contributed by atoms with Crippen LogP contribution < -0.4 is 5.73 Å². The molecule has 3 nitrogen and oxygen atoms in total. The van der Waals surface area contributed by atoms with Gasteiger partial charge in [0.2, 0.25) is 0 Å². The van der Waals surface area contributed by atoms with Crippen molar-refractivity contribution < 1.29 is 12.6 Å². The molecular formula is C6H13NO2. The van der Waals surface area contributed by atoms with E-state index in [1.165, 1.54) is 0 Å². The molecule has 0 fully saturated rings. The topological polar surface area (TPSA) is 63.3 Å². The maximum absolute atomic E-state index is 10.3. The molecule has 1 atom stereocenters. The van der Waals surface area contributed by atoms with Crippen LogP contribution in [0, 0.1) is 0 Å². The second-order valence-electron chi connectivity index (χ2n) is 1.77. The second-order valence-corrected chi connectivity index (χ2v) is 1.77. The summed E-state index contributed by atoms with van der Waals surface area (Å²) in [5.74, 6) is -1.29. The van der Waals surface area contributed by atoms with E-state index in [4.69, 9.17) is 13.6 Å². The van der Waals surface area contributed by atoms with Crippen molar-refractivity contribution in [3.05, 3.63) is 0 Å². The number of carbonyl (C=O) groups is 1. The summed E-state index contributed by atoms with van der Waals surface area (Å²) in [6.07, 6.45) is -1.02. The smallest absolute Gasteiger partial charge is 0.320 e. The molecule has 0 aromatic heterocycles. The van der Waals surface area contributed by atoms with Gasteiger partial charge in [0.15, 0.2) is 0 Å². The quantitative estimate of drug-likeness (QED) is 0.590. The second kappa shape index (κ2) is 4.32. The molecule has 0 bridgehead atoms. The van der Waals surface area contributed by atoms with Crippen molar-refractivity contribution in [1.29, 1.82) is 0 Å². The lowest BCUT2D eigenvalue weighted by molar-refractivity contribution is -0.138. The highest BCUT2D eigenvalue weighted by atomic mass is 16.4. The molecule has 9 heavy (non-hydrogen) atoms. The van der Waals surface area contributed by atoms with Gasteiger partial charge in [-0.25, -0.2) is 0 Å². The molecule has 0 rings (SSSR count). The van der Waals surface area contributed by atoms with Gasteiger partial charge in [0.25, 0.3) is 0 Å². The Morgan fingerprint density at radius 3 is 2.89 bits per heavy atom. The Hall–Kier alpha value is -0.570. The number of hydrogen-bond acceptors (Lipinski definition) is 2. The van der Waals surface area contributed by atoms with Crippen LogP contribution in [-0.2, 0) is 4.79 Å². The molecule has 0 saturated carbocycles. The van der Waals surface area contributed by atoms with Crippen LogP contribution in [0.25, 0.3) is 0 Å². The van der Waals surface area contributed by atoms with Gasteiger partial charge in [-0.15, -0.1) is 0 Å². The Kier molecular flexibility index (Phi) is 2.51. The average molecular weight is 133 g/mol. The lowest BCUT2D eigenvalue weighted by atomic mass is 10.1. The number of hydrogen-bond donors (Lipinski definition) is 2. The molecule has 0 aromatic rings. The lowest BCUT2D eigenvalue weighted by Gasteiger charge is -2.02. The number of aliphatic carboxylic acids is 1. The van der Waals surface area contributed by atoms with Gasteiger partial charge in [-0.1, -0.05) is 19.8 Å². The Morgan fingerprint density at radius 2 is 2.56 bits per heavy atom. The summed E-state index contributed by atoms with van der Waals surface area (Å²) < 4.78 is 14.4. The first-order valence-electron chi connectivity index (χ1n) is 3.90. The number of carboxylic acid groups (broad SMARTS) is 1. The molecule has 0 amide bonds. The molecule has 0 aliphatic heterocycles. The van der Waals surface area contributed by atoms with E-state index in [1.54, 1.807) is 6.92 Å². The third-order valence-corrected chi connectivity index (χ3v) is 0.880. The largest absolute Gasteiger partial charge is 0.480 e. The van der Waals surface area contributed by atoms with E-state index in [9.17, 15) is 4.79 Å². The maximum atomic E-state index is 10.3. The fourth-order valence-electron chi connectivity index (χ4n) is 0.387. The highest BCUT2D eigenvalue weighted by Crippen LogP contribution is 1.96. The predicted molar refractivity (Wildman–Crippen MR) is 35.1 cm³/mol. The highest BCUT2D eigenvalue weighted by Gasteiger charge is 2.08. The molecule has 3 N–H and O–H groups in total. The van der Waals surface area contributed by atoms with Crippen molar-refractivity contribution in [2.75, 3.05) is 0 Å². The van der Waals surface area contributed by atoms with Crippen molar-refractivity contribution >= 4 is 5.97 Å². The first-order valence-corrected chi connectivity index (χ1v) is 2.90. The van der Waals surface area contributed by atoms with Crippen LogP contribution in [-0.4, -0.2) is 17.1 Å². The molecule has 0 aliphatic carbocycles. The van der Waals surface area contributed by atoms with Crippen molar-refractivity contribution in [2.24, 2.45) is 5.73 Å². The summed E-state index contributed by atoms with van der Waals surface area (Å²) in [6, 6.07) is -1.41. The van der Waals surface area contributed by atoms with E-state index in [0.717, 1.165) is 0 Å². The van der Waals surface area contributed by atoms with Crippen LogP contribution in [0.5, 0.6) is 0 Å². The first kappa shape index (κ1) is 5.23. The summed E-state index contributed by atoms with van der Waals surface area (Å²) in [5, 5.41) is 8.38. The van der Waals surface area contributed by atoms with E-state index in [-0.39, 0.29) is 6.42 Å². The standard InChI is InChI=1S/C6H13NO2/c1-2-3-4-5(7)6(8)9/h5H,2-4,7H2,1H3,(H,8,9)/t5-/m0/s1/i4D2. The van der Waals surface area contributed by atoms with Gasteiger partial charge in [-0.2, -0.15) is 0 Å². The summed E-state index contributed by atoms with van der Waals surface area (Å²) in [4.78, 5) is 10.3. The molecule has 0 heterocycles. The Labute approximate surface area is 57.7 Å². The van der Waals surface area contributed by atoms with Gasteiger partial charge in [0.1, 0.15) is 6.04 Å². The molecular weight excluding hydrogens is 118 g/mol. The van der Waals surface area contributed by atoms with E-state index in [2.05, 4.69) is 0 Å². The zero-order valence-corrected chi connectivity index (χ0v) is 5.42.